The molecule has 0 aliphatic heterocycles. The third-order valence-electron chi connectivity index (χ3n) is 4.37. The van der Waals surface area contributed by atoms with Crippen molar-refractivity contribution in [2.45, 2.75) is 27.3 Å². The summed E-state index contributed by atoms with van der Waals surface area (Å²) in [5.74, 6) is -0.336. The summed E-state index contributed by atoms with van der Waals surface area (Å²) in [5, 5.41) is 13.2. The van der Waals surface area contributed by atoms with Crippen LogP contribution in [0.3, 0.4) is 0 Å². The number of carbonyl (C=O) groups is 2. The van der Waals surface area contributed by atoms with Crippen molar-refractivity contribution < 1.29 is 14.3 Å². The van der Waals surface area contributed by atoms with E-state index in [1.54, 1.807) is 24.3 Å². The van der Waals surface area contributed by atoms with Crippen LogP contribution < -0.4 is 21.1 Å². The Bertz CT molecular complexity index is 1080. The molecule has 30 heavy (non-hydrogen) atoms. The van der Waals surface area contributed by atoms with E-state index in [1.165, 1.54) is 4.68 Å². The molecule has 0 saturated heterocycles. The minimum absolute atomic E-state index is 0.00262. The van der Waals surface area contributed by atoms with Gasteiger partial charge in [-0.3, -0.25) is 9.59 Å². The summed E-state index contributed by atoms with van der Waals surface area (Å²) in [6, 6.07) is 12.8. The zero-order valence-electron chi connectivity index (χ0n) is 17.1. The van der Waals surface area contributed by atoms with Crippen molar-refractivity contribution in [2.75, 3.05) is 23.0 Å². The number of nitrogens with zero attached hydrogens (tertiary/aromatic N) is 3. The van der Waals surface area contributed by atoms with E-state index in [4.69, 9.17) is 10.5 Å². The third kappa shape index (κ3) is 4.75. The number of carbonyl (C=O) groups excluding carboxylic acids is 2. The fraction of sp³-hybridized carbons (Fsp3) is 0.238. The Hall–Kier alpha value is -3.88. The first-order valence-electron chi connectivity index (χ1n) is 9.48. The first-order chi connectivity index (χ1) is 14.4. The van der Waals surface area contributed by atoms with Crippen molar-refractivity contribution in [1.29, 1.82) is 0 Å². The molecule has 0 aliphatic rings. The number of hydrogen-bond donors (Lipinski definition) is 3. The van der Waals surface area contributed by atoms with Gasteiger partial charge in [0, 0.05) is 5.69 Å². The molecule has 9 nitrogen and oxygen atoms in total. The second kappa shape index (κ2) is 9.08. The molecule has 1 aromatic heterocycles. The average molecular weight is 408 g/mol. The van der Waals surface area contributed by atoms with Gasteiger partial charge in [-0.15, -0.1) is 5.10 Å². The zero-order chi connectivity index (χ0) is 21.7. The van der Waals surface area contributed by atoms with Gasteiger partial charge in [0.05, 0.1) is 12.3 Å². The lowest BCUT2D eigenvalue weighted by molar-refractivity contribution is -0.116. The van der Waals surface area contributed by atoms with Gasteiger partial charge in [0.15, 0.2) is 11.5 Å². The van der Waals surface area contributed by atoms with Crippen LogP contribution in [-0.4, -0.2) is 33.4 Å². The molecule has 0 atom stereocenters. The molecule has 3 aromatic rings. The van der Waals surface area contributed by atoms with E-state index in [0.717, 1.165) is 11.1 Å². The van der Waals surface area contributed by atoms with Crippen LogP contribution in [0.4, 0.5) is 17.2 Å². The molecule has 0 saturated carbocycles. The number of anilines is 3. The van der Waals surface area contributed by atoms with Gasteiger partial charge in [-0.25, -0.2) is 4.68 Å². The smallest absolute Gasteiger partial charge is 0.280 e. The van der Waals surface area contributed by atoms with Gasteiger partial charge in [-0.2, -0.15) is 0 Å². The minimum Gasteiger partial charge on any atom is -0.492 e. The number of amides is 2. The fourth-order valence-corrected chi connectivity index (χ4v) is 2.91. The molecule has 0 unspecified atom stereocenters. The van der Waals surface area contributed by atoms with Crippen molar-refractivity contribution in [3.8, 4) is 5.75 Å². The molecule has 1 heterocycles. The van der Waals surface area contributed by atoms with Crippen LogP contribution >= 0.6 is 0 Å². The first-order valence-corrected chi connectivity index (χ1v) is 9.48. The number of nitrogens with one attached hydrogen (secondary N) is 2. The van der Waals surface area contributed by atoms with Crippen LogP contribution in [0.15, 0.2) is 42.5 Å². The summed E-state index contributed by atoms with van der Waals surface area (Å²) < 4.78 is 6.68. The molecule has 0 fully saturated rings. The normalized spacial score (nSPS) is 10.5. The Labute approximate surface area is 174 Å². The van der Waals surface area contributed by atoms with E-state index in [2.05, 4.69) is 20.9 Å². The number of nitrogens with two attached hydrogens (primary N) is 1. The fourth-order valence-electron chi connectivity index (χ4n) is 2.91. The maximum absolute atomic E-state index is 12.6. The van der Waals surface area contributed by atoms with Gasteiger partial charge in [-0.05, 0) is 44.5 Å². The SMILES string of the molecule is CCOc1ccccc1NC(=O)c1nnn(CC(=O)Nc2ccc(C)cc2C)c1N. The number of ether oxygens (including phenoxy) is 1. The Kier molecular flexibility index (Phi) is 6.31. The molecule has 156 valence electrons. The monoisotopic (exact) mass is 408 g/mol. The molecule has 9 heteroatoms. The summed E-state index contributed by atoms with van der Waals surface area (Å²) in [5.41, 5.74) is 9.19. The molecule has 2 aromatic carbocycles. The van der Waals surface area contributed by atoms with E-state index < -0.39 is 5.91 Å². The highest BCUT2D eigenvalue weighted by Crippen LogP contribution is 2.24. The Morgan fingerprint density at radius 1 is 1.10 bits per heavy atom. The maximum Gasteiger partial charge on any atom is 0.280 e. The highest BCUT2D eigenvalue weighted by atomic mass is 16.5. The Balaban J connectivity index is 1.69. The summed E-state index contributed by atoms with van der Waals surface area (Å²) >= 11 is 0. The van der Waals surface area contributed by atoms with Crippen molar-refractivity contribution in [1.82, 2.24) is 15.0 Å². The van der Waals surface area contributed by atoms with Gasteiger partial charge in [0.2, 0.25) is 5.91 Å². The highest BCUT2D eigenvalue weighted by Gasteiger charge is 2.20. The van der Waals surface area contributed by atoms with E-state index in [1.807, 2.05) is 39.0 Å². The average Bonchev–Trinajstić information content (AvgIpc) is 3.06. The minimum atomic E-state index is -0.541. The first kappa shape index (κ1) is 20.8. The number of para-hydroxylation sites is 2. The molecule has 4 N–H and O–H groups in total. The molecule has 3 rings (SSSR count). The van der Waals surface area contributed by atoms with Gasteiger partial charge in [0.25, 0.3) is 5.91 Å². The molecular formula is C21H24N6O3. The van der Waals surface area contributed by atoms with Gasteiger partial charge in [0.1, 0.15) is 12.3 Å². The number of hydrogen-bond acceptors (Lipinski definition) is 6. The predicted molar refractivity (Wildman–Crippen MR) is 115 cm³/mol. The lowest BCUT2D eigenvalue weighted by Crippen LogP contribution is -2.22. The van der Waals surface area contributed by atoms with Crippen LogP contribution in [0.2, 0.25) is 0 Å². The van der Waals surface area contributed by atoms with Crippen molar-refractivity contribution in [3.63, 3.8) is 0 Å². The van der Waals surface area contributed by atoms with Crippen molar-refractivity contribution in [2.24, 2.45) is 0 Å². The van der Waals surface area contributed by atoms with E-state index in [9.17, 15) is 9.59 Å². The van der Waals surface area contributed by atoms with Crippen LogP contribution in [-0.2, 0) is 11.3 Å². The molecule has 0 bridgehead atoms. The number of nitrogen functional groups attached to an aromatic ring is 1. The quantitative estimate of drug-likeness (QED) is 0.552. The molecular weight excluding hydrogens is 384 g/mol. The summed E-state index contributed by atoms with van der Waals surface area (Å²) in [6.45, 7) is 6.03. The summed E-state index contributed by atoms with van der Waals surface area (Å²) in [7, 11) is 0. The molecule has 0 radical (unpaired) electrons. The largest absolute Gasteiger partial charge is 0.492 e. The Morgan fingerprint density at radius 3 is 2.60 bits per heavy atom. The van der Waals surface area contributed by atoms with E-state index in [-0.39, 0.29) is 24.0 Å². The number of benzene rings is 2. The highest BCUT2D eigenvalue weighted by molar-refractivity contribution is 6.06. The Morgan fingerprint density at radius 2 is 1.87 bits per heavy atom. The zero-order valence-corrected chi connectivity index (χ0v) is 17.1. The maximum atomic E-state index is 12.6. The second-order valence-electron chi connectivity index (χ2n) is 6.73. The number of aryl methyl sites for hydroxylation is 2. The lowest BCUT2D eigenvalue weighted by atomic mass is 10.1. The van der Waals surface area contributed by atoms with Gasteiger partial charge >= 0.3 is 0 Å². The van der Waals surface area contributed by atoms with E-state index in [0.29, 0.717) is 23.7 Å². The third-order valence-corrected chi connectivity index (χ3v) is 4.37. The van der Waals surface area contributed by atoms with Crippen LogP contribution in [0, 0.1) is 13.8 Å². The van der Waals surface area contributed by atoms with Gasteiger partial charge in [-0.1, -0.05) is 35.0 Å². The summed E-state index contributed by atoms with van der Waals surface area (Å²) in [4.78, 5) is 25.0. The van der Waals surface area contributed by atoms with E-state index >= 15 is 0 Å². The van der Waals surface area contributed by atoms with Crippen LogP contribution in [0.25, 0.3) is 0 Å². The molecule has 0 aliphatic carbocycles. The van der Waals surface area contributed by atoms with Gasteiger partial charge < -0.3 is 21.1 Å². The lowest BCUT2D eigenvalue weighted by Gasteiger charge is -2.11. The molecule has 2 amide bonds. The van der Waals surface area contributed by atoms with Crippen LogP contribution in [0.1, 0.15) is 28.5 Å². The standard InChI is InChI=1S/C21H24N6O3/c1-4-30-17-8-6-5-7-16(17)24-21(29)19-20(22)27(26-25-19)12-18(28)23-15-10-9-13(2)11-14(15)3/h5-11H,4,12,22H2,1-3H3,(H,23,28)(H,24,29). The second-order valence-corrected chi connectivity index (χ2v) is 6.73. The number of aromatic nitrogens is 3. The van der Waals surface area contributed by atoms with Crippen molar-refractivity contribution in [3.05, 3.63) is 59.3 Å². The van der Waals surface area contributed by atoms with Crippen molar-refractivity contribution >= 4 is 29.0 Å². The number of rotatable bonds is 7. The summed E-state index contributed by atoms with van der Waals surface area (Å²) in [6.07, 6.45) is 0. The van der Waals surface area contributed by atoms with Crippen LogP contribution in [0.5, 0.6) is 5.75 Å². The molecule has 0 spiro atoms. The predicted octanol–water partition coefficient (Wildman–Crippen LogP) is 2.77. The topological polar surface area (TPSA) is 124 Å².